The molecule has 0 atom stereocenters. The van der Waals surface area contributed by atoms with Crippen molar-refractivity contribution in [3.8, 4) is 0 Å². The number of hydrogen-bond acceptors (Lipinski definition) is 5. The van der Waals surface area contributed by atoms with Gasteiger partial charge in [0.1, 0.15) is 0 Å². The highest BCUT2D eigenvalue weighted by Crippen LogP contribution is 2.29. The van der Waals surface area contributed by atoms with Gasteiger partial charge in [-0.2, -0.15) is 0 Å². The smallest absolute Gasteiger partial charge is 0.266 e. The lowest BCUT2D eigenvalue weighted by atomic mass is 9.96. The molecule has 0 saturated carbocycles. The number of rotatable bonds is 5. The second kappa shape index (κ2) is 8.81. The molecule has 0 bridgehead atoms. The summed E-state index contributed by atoms with van der Waals surface area (Å²) in [6.07, 6.45) is 0. The Bertz CT molecular complexity index is 1080. The average Bonchev–Trinajstić information content (AvgIpc) is 3.31. The van der Waals surface area contributed by atoms with Gasteiger partial charge in [-0.25, -0.2) is 0 Å². The molecular formula is C22H23N3O3S2. The van der Waals surface area contributed by atoms with Crippen LogP contribution in [0, 0.1) is 12.3 Å². The highest BCUT2D eigenvalue weighted by atomic mass is 32.1. The van der Waals surface area contributed by atoms with Gasteiger partial charge in [0.15, 0.2) is 0 Å². The van der Waals surface area contributed by atoms with Crippen molar-refractivity contribution >= 4 is 56.8 Å². The molecule has 0 spiro atoms. The predicted molar refractivity (Wildman–Crippen MR) is 124 cm³/mol. The largest absolute Gasteiger partial charge is 0.321 e. The van der Waals surface area contributed by atoms with Crippen LogP contribution < -0.4 is 16.0 Å². The molecule has 3 amide bonds. The van der Waals surface area contributed by atoms with E-state index in [4.69, 9.17) is 0 Å². The van der Waals surface area contributed by atoms with Crippen molar-refractivity contribution in [1.29, 1.82) is 0 Å². The maximum atomic E-state index is 12.8. The number of amides is 3. The monoisotopic (exact) mass is 441 g/mol. The number of hydrogen-bond donors (Lipinski definition) is 3. The quantitative estimate of drug-likeness (QED) is 0.481. The molecule has 0 fully saturated rings. The average molecular weight is 442 g/mol. The molecule has 3 aromatic rings. The van der Waals surface area contributed by atoms with E-state index in [0.29, 0.717) is 26.1 Å². The highest BCUT2D eigenvalue weighted by molar-refractivity contribution is 7.18. The third-order valence-corrected chi connectivity index (χ3v) is 6.19. The van der Waals surface area contributed by atoms with Crippen molar-refractivity contribution in [2.75, 3.05) is 16.0 Å². The standard InChI is InChI=1S/C22H23N3O3S2/c1-13-11-17(25-21(28)22(2,3)4)30-18(13)20(27)24-15-8-5-7-14(12-15)23-19(26)16-9-6-10-29-16/h5-12H,1-4H3,(H,23,26)(H,24,27)(H,25,28). The zero-order chi connectivity index (χ0) is 21.9. The number of aryl methyl sites for hydroxylation is 1. The normalized spacial score (nSPS) is 11.1. The number of anilines is 3. The maximum Gasteiger partial charge on any atom is 0.266 e. The summed E-state index contributed by atoms with van der Waals surface area (Å²) in [7, 11) is 0. The molecule has 0 aliphatic rings. The number of carbonyl (C=O) groups is 3. The lowest BCUT2D eigenvalue weighted by molar-refractivity contribution is -0.123. The van der Waals surface area contributed by atoms with Gasteiger partial charge in [0, 0.05) is 16.8 Å². The molecule has 1 aromatic carbocycles. The highest BCUT2D eigenvalue weighted by Gasteiger charge is 2.23. The summed E-state index contributed by atoms with van der Waals surface area (Å²) in [6.45, 7) is 7.33. The Balaban J connectivity index is 1.69. The van der Waals surface area contributed by atoms with E-state index in [1.54, 1.807) is 36.4 Å². The van der Waals surface area contributed by atoms with Gasteiger partial charge in [-0.15, -0.1) is 22.7 Å². The summed E-state index contributed by atoms with van der Waals surface area (Å²) in [5, 5.41) is 11.0. The second-order valence-electron chi connectivity index (χ2n) is 7.79. The first-order chi connectivity index (χ1) is 14.1. The summed E-state index contributed by atoms with van der Waals surface area (Å²) in [4.78, 5) is 38.3. The summed E-state index contributed by atoms with van der Waals surface area (Å²) in [5.41, 5.74) is 1.42. The van der Waals surface area contributed by atoms with Crippen LogP contribution in [0.1, 0.15) is 45.7 Å². The fraction of sp³-hybridized carbons (Fsp3) is 0.227. The first-order valence-corrected chi connectivity index (χ1v) is 11.0. The molecule has 0 aliphatic heterocycles. The van der Waals surface area contributed by atoms with Gasteiger partial charge in [-0.3, -0.25) is 14.4 Å². The van der Waals surface area contributed by atoms with Crippen molar-refractivity contribution in [2.24, 2.45) is 5.41 Å². The molecule has 0 radical (unpaired) electrons. The molecule has 0 saturated heterocycles. The van der Waals surface area contributed by atoms with E-state index in [1.165, 1.54) is 22.7 Å². The molecular weight excluding hydrogens is 418 g/mol. The zero-order valence-electron chi connectivity index (χ0n) is 17.2. The van der Waals surface area contributed by atoms with Gasteiger partial charge in [0.05, 0.1) is 14.8 Å². The summed E-state index contributed by atoms with van der Waals surface area (Å²) in [5.74, 6) is -0.567. The molecule has 156 valence electrons. The Morgan fingerprint density at radius 1 is 0.867 bits per heavy atom. The maximum absolute atomic E-state index is 12.8. The molecule has 3 N–H and O–H groups in total. The van der Waals surface area contributed by atoms with Crippen LogP contribution in [0.15, 0.2) is 47.8 Å². The van der Waals surface area contributed by atoms with E-state index in [-0.39, 0.29) is 17.7 Å². The minimum atomic E-state index is -0.520. The molecule has 30 heavy (non-hydrogen) atoms. The number of thiophene rings is 2. The van der Waals surface area contributed by atoms with Gasteiger partial charge in [-0.05, 0) is 48.2 Å². The number of benzene rings is 1. The molecule has 2 heterocycles. The topological polar surface area (TPSA) is 87.3 Å². The van der Waals surface area contributed by atoms with Crippen LogP contribution in [0.2, 0.25) is 0 Å². The SMILES string of the molecule is Cc1cc(NC(=O)C(C)(C)C)sc1C(=O)Nc1cccc(NC(=O)c2cccs2)c1. The molecule has 0 aliphatic carbocycles. The Hall–Kier alpha value is -2.97. The van der Waals surface area contributed by atoms with Crippen LogP contribution in [0.25, 0.3) is 0 Å². The van der Waals surface area contributed by atoms with E-state index >= 15 is 0 Å². The lowest BCUT2D eigenvalue weighted by Gasteiger charge is -2.16. The van der Waals surface area contributed by atoms with Crippen molar-refractivity contribution in [1.82, 2.24) is 0 Å². The third-order valence-electron chi connectivity index (χ3n) is 4.17. The Labute approximate surface area is 183 Å². The third kappa shape index (κ3) is 5.34. The first-order valence-electron chi connectivity index (χ1n) is 9.31. The zero-order valence-corrected chi connectivity index (χ0v) is 18.8. The summed E-state index contributed by atoms with van der Waals surface area (Å²) >= 11 is 2.59. The van der Waals surface area contributed by atoms with E-state index in [0.717, 1.165) is 5.56 Å². The minimum Gasteiger partial charge on any atom is -0.321 e. The fourth-order valence-corrected chi connectivity index (χ4v) is 4.11. The lowest BCUT2D eigenvalue weighted by Crippen LogP contribution is -2.27. The van der Waals surface area contributed by atoms with Crippen LogP contribution >= 0.6 is 22.7 Å². The predicted octanol–water partition coefficient (Wildman–Crippen LogP) is 5.61. The summed E-state index contributed by atoms with van der Waals surface area (Å²) in [6, 6.07) is 12.3. The van der Waals surface area contributed by atoms with Crippen LogP contribution in [-0.4, -0.2) is 17.7 Å². The Morgan fingerprint density at radius 2 is 1.53 bits per heavy atom. The van der Waals surface area contributed by atoms with Crippen LogP contribution in [0.4, 0.5) is 16.4 Å². The second-order valence-corrected chi connectivity index (χ2v) is 9.79. The Kier molecular flexibility index (Phi) is 6.38. The molecule has 8 heteroatoms. The van der Waals surface area contributed by atoms with Gasteiger partial charge >= 0.3 is 0 Å². The molecule has 6 nitrogen and oxygen atoms in total. The van der Waals surface area contributed by atoms with Crippen LogP contribution in [0.3, 0.4) is 0 Å². The Morgan fingerprint density at radius 3 is 2.13 bits per heavy atom. The van der Waals surface area contributed by atoms with E-state index < -0.39 is 5.41 Å². The summed E-state index contributed by atoms with van der Waals surface area (Å²) < 4.78 is 0. The molecule has 2 aromatic heterocycles. The minimum absolute atomic E-state index is 0.107. The fourth-order valence-electron chi connectivity index (χ4n) is 2.53. The molecule has 0 unspecified atom stereocenters. The van der Waals surface area contributed by atoms with Crippen molar-refractivity contribution in [3.63, 3.8) is 0 Å². The first kappa shape index (κ1) is 21.7. The number of carbonyl (C=O) groups excluding carboxylic acids is 3. The van der Waals surface area contributed by atoms with Gasteiger partial charge < -0.3 is 16.0 Å². The van der Waals surface area contributed by atoms with E-state index in [1.807, 2.05) is 39.1 Å². The van der Waals surface area contributed by atoms with Crippen molar-refractivity contribution < 1.29 is 14.4 Å². The van der Waals surface area contributed by atoms with Gasteiger partial charge in [-0.1, -0.05) is 32.9 Å². The van der Waals surface area contributed by atoms with Gasteiger partial charge in [0.25, 0.3) is 11.8 Å². The van der Waals surface area contributed by atoms with E-state index in [9.17, 15) is 14.4 Å². The van der Waals surface area contributed by atoms with Crippen LogP contribution in [0.5, 0.6) is 0 Å². The molecule has 3 rings (SSSR count). The van der Waals surface area contributed by atoms with Crippen molar-refractivity contribution in [2.45, 2.75) is 27.7 Å². The number of nitrogens with one attached hydrogen (secondary N) is 3. The van der Waals surface area contributed by atoms with Crippen molar-refractivity contribution in [3.05, 3.63) is 63.2 Å². The van der Waals surface area contributed by atoms with E-state index in [2.05, 4.69) is 16.0 Å². The van der Waals surface area contributed by atoms with Gasteiger partial charge in [0.2, 0.25) is 5.91 Å². The van der Waals surface area contributed by atoms with Crippen LogP contribution in [-0.2, 0) is 4.79 Å².